The third kappa shape index (κ3) is 49.3. The van der Waals surface area contributed by atoms with Crippen LogP contribution in [0.2, 0.25) is 0 Å². The van der Waals surface area contributed by atoms with E-state index in [9.17, 15) is 47.9 Å². The molecule has 0 atom stereocenters. The minimum Gasteiger partial charge on any atom is -0.494 e. The second kappa shape index (κ2) is 69.5. The van der Waals surface area contributed by atoms with Gasteiger partial charge in [-0.1, -0.05) is 154 Å². The molecule has 0 N–H and O–H groups in total. The van der Waals surface area contributed by atoms with Gasteiger partial charge in [-0.15, -0.1) is 0 Å². The molecule has 26 heteroatoms. The highest BCUT2D eigenvalue weighted by molar-refractivity contribution is 5.94. The number of benzene rings is 8. The number of ether oxygens (including phenoxy) is 16. The zero-order chi connectivity index (χ0) is 99.2. The number of rotatable bonds is 67. The van der Waals surface area contributed by atoms with Crippen LogP contribution >= 0.6 is 0 Å². The monoisotopic (exact) mass is 1890 g/mol. The molecule has 0 radical (unpaired) electrons. The Morgan fingerprint density at radius 3 is 0.565 bits per heavy atom. The van der Waals surface area contributed by atoms with Crippen molar-refractivity contribution < 1.29 is 124 Å². The molecule has 0 aliphatic carbocycles. The fraction of sp³-hybridized carbons (Fsp3) is 0.375. The topological polar surface area (TPSA) is 318 Å². The van der Waals surface area contributed by atoms with Crippen LogP contribution < -0.4 is 47.4 Å². The summed E-state index contributed by atoms with van der Waals surface area (Å²) in [6.45, 7) is 29.2. The Labute approximate surface area is 811 Å². The van der Waals surface area contributed by atoms with E-state index in [1.165, 1.54) is 81.7 Å². The van der Waals surface area contributed by atoms with E-state index in [1.807, 2.05) is 24.3 Å². The Kier molecular flexibility index (Phi) is 56.6. The van der Waals surface area contributed by atoms with E-state index in [0.717, 1.165) is 150 Å². The first-order valence-electron chi connectivity index (χ1n) is 47.4. The lowest BCUT2D eigenvalue weighted by molar-refractivity contribution is -0.138. The molecular formula is C112H134O26. The minimum atomic E-state index is -0.563. The van der Waals surface area contributed by atoms with E-state index in [-0.39, 0.29) is 42.8 Å². The molecule has 0 saturated heterocycles. The maximum atomic E-state index is 12.9. The molecule has 0 aliphatic rings. The molecule has 0 aliphatic heterocycles. The van der Waals surface area contributed by atoms with Crippen LogP contribution in [0.4, 0.5) is 0 Å². The van der Waals surface area contributed by atoms with E-state index in [0.29, 0.717) is 153 Å². The van der Waals surface area contributed by atoms with Crippen LogP contribution in [0.15, 0.2) is 258 Å². The molecule has 8 rings (SSSR count). The maximum Gasteiger partial charge on any atom is 0.343 e. The Balaban J connectivity index is 0.000000329. The van der Waals surface area contributed by atoms with Gasteiger partial charge in [0.25, 0.3) is 0 Å². The molecule has 0 aromatic heterocycles. The van der Waals surface area contributed by atoms with Crippen molar-refractivity contribution >= 4 is 59.7 Å². The van der Waals surface area contributed by atoms with E-state index in [1.54, 1.807) is 141 Å². The first-order chi connectivity index (χ1) is 67.2. The van der Waals surface area contributed by atoms with Gasteiger partial charge in [-0.05, 0) is 271 Å². The van der Waals surface area contributed by atoms with Crippen LogP contribution in [-0.4, -0.2) is 139 Å². The fourth-order valence-corrected chi connectivity index (χ4v) is 13.1. The van der Waals surface area contributed by atoms with Gasteiger partial charge < -0.3 is 75.8 Å². The van der Waals surface area contributed by atoms with E-state index < -0.39 is 35.8 Å². The van der Waals surface area contributed by atoms with E-state index in [2.05, 4.69) is 63.7 Å². The molecule has 26 nitrogen and oxygen atoms in total. The van der Waals surface area contributed by atoms with Gasteiger partial charge >= 0.3 is 59.7 Å². The Bertz CT molecular complexity index is 4940. The second-order valence-corrected chi connectivity index (χ2v) is 31.8. The van der Waals surface area contributed by atoms with Crippen molar-refractivity contribution in [3.05, 3.63) is 291 Å². The summed E-state index contributed by atoms with van der Waals surface area (Å²) in [5, 5.41) is 0. The van der Waals surface area contributed by atoms with Crippen LogP contribution in [0, 0.1) is 13.8 Å². The van der Waals surface area contributed by atoms with Crippen LogP contribution in [0.1, 0.15) is 232 Å². The summed E-state index contributed by atoms with van der Waals surface area (Å²) < 4.78 is 86.4. The van der Waals surface area contributed by atoms with Crippen LogP contribution in [0.25, 0.3) is 11.1 Å². The summed E-state index contributed by atoms with van der Waals surface area (Å²) in [5.41, 5.74) is 4.95. The quantitative estimate of drug-likeness (QED) is 0.0112. The average Bonchev–Trinajstić information content (AvgIpc) is 0.836. The Morgan fingerprint density at radius 1 is 0.196 bits per heavy atom. The molecule has 0 fully saturated rings. The van der Waals surface area contributed by atoms with Crippen molar-refractivity contribution in [3.8, 4) is 68.6 Å². The average molecular weight is 1900 g/mol. The normalized spacial score (nSPS) is 10.4. The van der Waals surface area contributed by atoms with Gasteiger partial charge in [0.1, 0.15) is 57.5 Å². The number of aryl methyl sites for hydroxylation is 2. The minimum absolute atomic E-state index is 0.218. The zero-order valence-electron chi connectivity index (χ0n) is 79.9. The highest BCUT2D eigenvalue weighted by Gasteiger charge is 2.18. The second-order valence-electron chi connectivity index (χ2n) is 31.8. The SMILES string of the molecule is C=CC(=O)OCCCCCCCCCCCOc1ccc(C(=O)Oc2ccc(OC(=O)c3ccc(OCCCCCCCCCCCOC(=O)C=C)cc3)c(C)c2)cc1.C=CC(=O)OCCCCCCOc1ccc(-c2ccc(OCCCCCCOC(=O)C=C)cc2)cc1.C=CC(=O)OCCCOc1ccc(C(=O)Oc2ccc(OC(=O)c3ccc(OCCCOC(=O)C=C)cc3)c(C)c2)cc1. The number of carbonyl (C=O) groups is 10. The highest BCUT2D eigenvalue weighted by Crippen LogP contribution is 2.31. The lowest BCUT2D eigenvalue weighted by atomic mass is 10.1. The molecule has 0 unspecified atom stereocenters. The largest absolute Gasteiger partial charge is 0.494 e. The molecular weight excluding hydrogens is 1760 g/mol. The lowest BCUT2D eigenvalue weighted by Crippen LogP contribution is -2.11. The molecule has 0 bridgehead atoms. The number of unbranched alkanes of at least 4 members (excludes halogenated alkanes) is 22. The maximum absolute atomic E-state index is 12.9. The summed E-state index contributed by atoms with van der Waals surface area (Å²) in [5.74, 6) is 1.05. The summed E-state index contributed by atoms with van der Waals surface area (Å²) in [6.07, 6.45) is 35.6. The molecule has 738 valence electrons. The number of hydrogen-bond donors (Lipinski definition) is 0. The fourth-order valence-electron chi connectivity index (χ4n) is 13.1. The number of carbonyl (C=O) groups excluding carboxylic acids is 10. The third-order valence-electron chi connectivity index (χ3n) is 20.8. The van der Waals surface area contributed by atoms with Gasteiger partial charge in [0.05, 0.1) is 102 Å². The zero-order valence-corrected chi connectivity index (χ0v) is 79.9. The van der Waals surface area contributed by atoms with Crippen LogP contribution in [0.3, 0.4) is 0 Å². The highest BCUT2D eigenvalue weighted by atomic mass is 16.6. The van der Waals surface area contributed by atoms with Crippen molar-refractivity contribution in [1.82, 2.24) is 0 Å². The number of hydrogen-bond acceptors (Lipinski definition) is 26. The predicted molar refractivity (Wildman–Crippen MR) is 529 cm³/mol. The van der Waals surface area contributed by atoms with Gasteiger partial charge in [-0.2, -0.15) is 0 Å². The third-order valence-corrected chi connectivity index (χ3v) is 20.8. The Hall–Kier alpha value is -14.3. The molecule has 138 heavy (non-hydrogen) atoms. The number of esters is 10. The van der Waals surface area contributed by atoms with Crippen molar-refractivity contribution in [2.24, 2.45) is 0 Å². The molecule has 8 aromatic rings. The van der Waals surface area contributed by atoms with Crippen molar-refractivity contribution in [2.75, 3.05) is 79.3 Å². The van der Waals surface area contributed by atoms with Crippen LogP contribution in [0.5, 0.6) is 57.5 Å². The molecule has 8 aromatic carbocycles. The van der Waals surface area contributed by atoms with Crippen molar-refractivity contribution in [1.29, 1.82) is 0 Å². The predicted octanol–water partition coefficient (Wildman–Crippen LogP) is 23.8. The summed E-state index contributed by atoms with van der Waals surface area (Å²) in [6, 6.07) is 52.5. The summed E-state index contributed by atoms with van der Waals surface area (Å²) in [4.78, 5) is 117. The molecule has 0 saturated carbocycles. The Morgan fingerprint density at radius 2 is 0.362 bits per heavy atom. The summed E-state index contributed by atoms with van der Waals surface area (Å²) >= 11 is 0. The van der Waals surface area contributed by atoms with Gasteiger partial charge in [-0.25, -0.2) is 47.9 Å². The first kappa shape index (κ1) is 112. The molecule has 0 spiro atoms. The van der Waals surface area contributed by atoms with Gasteiger partial charge in [-0.3, -0.25) is 0 Å². The van der Waals surface area contributed by atoms with Gasteiger partial charge in [0.15, 0.2) is 0 Å². The smallest absolute Gasteiger partial charge is 0.343 e. The first-order valence-corrected chi connectivity index (χ1v) is 47.4. The van der Waals surface area contributed by atoms with Crippen molar-refractivity contribution in [3.63, 3.8) is 0 Å². The lowest BCUT2D eigenvalue weighted by Gasteiger charge is -2.11. The summed E-state index contributed by atoms with van der Waals surface area (Å²) in [7, 11) is 0. The van der Waals surface area contributed by atoms with Crippen LogP contribution in [-0.2, 0) is 57.2 Å². The molecule has 0 heterocycles. The van der Waals surface area contributed by atoms with Gasteiger partial charge in [0.2, 0.25) is 0 Å². The van der Waals surface area contributed by atoms with Gasteiger partial charge in [0, 0.05) is 49.3 Å². The van der Waals surface area contributed by atoms with Crippen molar-refractivity contribution in [2.45, 2.75) is 194 Å². The van der Waals surface area contributed by atoms with E-state index >= 15 is 0 Å². The standard InChI is InChI=1S/C49H64O10.C33H32O10.C30H38O6/c1-4-46(50)56-36-22-18-14-10-6-8-12-16-20-34-54-42-28-24-40(25-29-42)48(52)58-44-32-33-45(39(3)38-44)59-49(53)41-26-30-43(31-27-41)55-35-21-17-13-9-7-11-15-19-23-37-57-47(51)5-2;1-4-30(34)40-20-6-18-38-26-12-8-24(9-13-26)32(36)42-28-16-17-29(23(3)22-28)43-33(37)25-10-14-27(15-11-25)39-19-7-21-41-31(35)5-2;1-3-29(31)35-23-11-7-5-9-21-33-27-17-13-25(14-18-27)26-15-19-28(20-16-26)34-22-10-6-8-12-24-36-30(32)4-2/h4-5,24-33,38H,1-2,6-23,34-37H2,3H3;4-5,8-17,22H,1-2,6-7,18-21H2,3H3;3-4,13-20H,1-2,5-12,21-24H2. The van der Waals surface area contributed by atoms with E-state index in [4.69, 9.17) is 75.8 Å². The molecule has 0 amide bonds.